The van der Waals surface area contributed by atoms with Gasteiger partial charge in [-0.15, -0.1) is 0 Å². The number of hydrogen-bond donors (Lipinski definition) is 2. The molecule has 0 radical (unpaired) electrons. The van der Waals surface area contributed by atoms with Crippen LogP contribution >= 0.6 is 0 Å². The first-order valence-electron chi connectivity index (χ1n) is 7.02. The van der Waals surface area contributed by atoms with Crippen molar-refractivity contribution in [3.63, 3.8) is 0 Å². The van der Waals surface area contributed by atoms with E-state index in [-0.39, 0.29) is 17.6 Å². The lowest BCUT2D eigenvalue weighted by molar-refractivity contribution is 0.217. The van der Waals surface area contributed by atoms with Gasteiger partial charge in [-0.05, 0) is 52.5 Å². The molecule has 2 amide bonds. The largest absolute Gasteiger partial charge is 0.335 e. The minimum absolute atomic E-state index is 0.0601. The van der Waals surface area contributed by atoms with Gasteiger partial charge in [0.15, 0.2) is 0 Å². The molecule has 1 aromatic heterocycles. The van der Waals surface area contributed by atoms with E-state index in [1.54, 1.807) is 0 Å². The smallest absolute Gasteiger partial charge is 0.315 e. The van der Waals surface area contributed by atoms with Gasteiger partial charge in [-0.2, -0.15) is 5.10 Å². The van der Waals surface area contributed by atoms with Gasteiger partial charge in [0.05, 0.1) is 6.04 Å². The first-order valence-corrected chi connectivity index (χ1v) is 7.02. The van der Waals surface area contributed by atoms with E-state index in [1.807, 2.05) is 43.9 Å². The average molecular weight is 264 g/mol. The molecule has 1 heterocycles. The molecule has 0 saturated heterocycles. The van der Waals surface area contributed by atoms with Gasteiger partial charge in [-0.1, -0.05) is 0 Å². The Morgan fingerprint density at radius 1 is 1.26 bits per heavy atom. The highest BCUT2D eigenvalue weighted by molar-refractivity contribution is 5.74. The van der Waals surface area contributed by atoms with Crippen LogP contribution in [0.1, 0.15) is 52.5 Å². The second-order valence-corrected chi connectivity index (χ2v) is 6.34. The van der Waals surface area contributed by atoms with Crippen molar-refractivity contribution in [3.05, 3.63) is 18.5 Å². The van der Waals surface area contributed by atoms with E-state index in [9.17, 15) is 4.79 Å². The molecule has 106 valence electrons. The molecular formula is C14H24N4O. The fraction of sp³-hybridized carbons (Fsp3) is 0.714. The second kappa shape index (κ2) is 5.63. The molecule has 0 unspecified atom stereocenters. The van der Waals surface area contributed by atoms with Gasteiger partial charge in [0.2, 0.25) is 0 Å². The maximum absolute atomic E-state index is 11.8. The standard InChI is InChI=1S/C14H24N4O/c1-14(2,3)17-13(19)16-11-5-7-12(8-6-11)18-10-4-9-15-18/h4,9-12H,5-8H2,1-3H3,(H2,16,17,19). The minimum Gasteiger partial charge on any atom is -0.335 e. The Kier molecular flexibility index (Phi) is 4.12. The normalized spacial score (nSPS) is 23.9. The zero-order chi connectivity index (χ0) is 13.9. The van der Waals surface area contributed by atoms with Crippen molar-refractivity contribution in [3.8, 4) is 0 Å². The van der Waals surface area contributed by atoms with E-state index in [1.165, 1.54) is 0 Å². The predicted octanol–water partition coefficient (Wildman–Crippen LogP) is 2.46. The molecule has 1 aliphatic rings. The van der Waals surface area contributed by atoms with E-state index in [4.69, 9.17) is 0 Å². The van der Waals surface area contributed by atoms with Crippen molar-refractivity contribution in [2.45, 2.75) is 64.1 Å². The minimum atomic E-state index is -0.184. The van der Waals surface area contributed by atoms with Gasteiger partial charge in [-0.25, -0.2) is 4.79 Å². The molecule has 0 aliphatic heterocycles. The highest BCUT2D eigenvalue weighted by Crippen LogP contribution is 2.27. The summed E-state index contributed by atoms with van der Waals surface area (Å²) in [6.45, 7) is 5.96. The molecule has 0 bridgehead atoms. The number of hydrogen-bond acceptors (Lipinski definition) is 2. The SMILES string of the molecule is CC(C)(C)NC(=O)NC1CCC(n2cccn2)CC1. The number of nitrogens with zero attached hydrogens (tertiary/aromatic N) is 2. The summed E-state index contributed by atoms with van der Waals surface area (Å²) in [5.41, 5.74) is -0.184. The van der Waals surface area contributed by atoms with Gasteiger partial charge in [0, 0.05) is 24.0 Å². The second-order valence-electron chi connectivity index (χ2n) is 6.34. The molecular weight excluding hydrogens is 240 g/mol. The average Bonchev–Trinajstić information content (AvgIpc) is 2.80. The maximum Gasteiger partial charge on any atom is 0.315 e. The van der Waals surface area contributed by atoms with Crippen molar-refractivity contribution in [2.24, 2.45) is 0 Å². The Bertz CT molecular complexity index is 400. The van der Waals surface area contributed by atoms with Gasteiger partial charge < -0.3 is 10.6 Å². The molecule has 5 heteroatoms. The summed E-state index contributed by atoms with van der Waals surface area (Å²) >= 11 is 0. The molecule has 0 aromatic carbocycles. The van der Waals surface area contributed by atoms with Crippen LogP contribution in [0, 0.1) is 0 Å². The molecule has 5 nitrogen and oxygen atoms in total. The van der Waals surface area contributed by atoms with Crippen LogP contribution in [0.2, 0.25) is 0 Å². The molecule has 2 rings (SSSR count). The number of urea groups is 1. The predicted molar refractivity (Wildman–Crippen MR) is 74.9 cm³/mol. The van der Waals surface area contributed by atoms with E-state index in [0.29, 0.717) is 6.04 Å². The van der Waals surface area contributed by atoms with Crippen LogP contribution < -0.4 is 10.6 Å². The number of rotatable bonds is 2. The van der Waals surface area contributed by atoms with Gasteiger partial charge >= 0.3 is 6.03 Å². The topological polar surface area (TPSA) is 59.0 Å². The highest BCUT2D eigenvalue weighted by atomic mass is 16.2. The maximum atomic E-state index is 11.8. The molecule has 0 spiro atoms. The first-order chi connectivity index (χ1) is 8.94. The molecule has 2 N–H and O–H groups in total. The molecule has 1 saturated carbocycles. The Hall–Kier alpha value is -1.52. The number of amides is 2. The lowest BCUT2D eigenvalue weighted by atomic mass is 9.91. The van der Waals surface area contributed by atoms with Crippen LogP contribution in [0.25, 0.3) is 0 Å². The van der Waals surface area contributed by atoms with Gasteiger partial charge in [0.1, 0.15) is 0 Å². The van der Waals surface area contributed by atoms with Gasteiger partial charge in [-0.3, -0.25) is 4.68 Å². The third-order valence-corrected chi connectivity index (χ3v) is 3.42. The van der Waals surface area contributed by atoms with Crippen LogP contribution in [0.5, 0.6) is 0 Å². The number of carbonyl (C=O) groups is 1. The van der Waals surface area contributed by atoms with Crippen LogP contribution in [0.15, 0.2) is 18.5 Å². The summed E-state index contributed by atoms with van der Waals surface area (Å²) in [5.74, 6) is 0. The van der Waals surface area contributed by atoms with E-state index >= 15 is 0 Å². The Labute approximate surface area is 114 Å². The Balaban J connectivity index is 1.76. The van der Waals surface area contributed by atoms with Crippen molar-refractivity contribution >= 4 is 6.03 Å². The molecule has 1 aliphatic carbocycles. The van der Waals surface area contributed by atoms with Crippen LogP contribution in [0.3, 0.4) is 0 Å². The Morgan fingerprint density at radius 2 is 1.95 bits per heavy atom. The summed E-state index contributed by atoms with van der Waals surface area (Å²) in [6, 6.07) is 2.67. The molecule has 19 heavy (non-hydrogen) atoms. The number of carbonyl (C=O) groups excluding carboxylic acids is 1. The quantitative estimate of drug-likeness (QED) is 0.862. The highest BCUT2D eigenvalue weighted by Gasteiger charge is 2.24. The third kappa shape index (κ3) is 4.26. The molecule has 1 fully saturated rings. The summed E-state index contributed by atoms with van der Waals surface area (Å²) in [5, 5.41) is 10.3. The van der Waals surface area contributed by atoms with Crippen molar-refractivity contribution in [1.82, 2.24) is 20.4 Å². The first kappa shape index (κ1) is 13.9. The van der Waals surface area contributed by atoms with E-state index in [0.717, 1.165) is 25.7 Å². The van der Waals surface area contributed by atoms with Crippen LogP contribution in [-0.2, 0) is 0 Å². The van der Waals surface area contributed by atoms with E-state index in [2.05, 4.69) is 15.7 Å². The van der Waals surface area contributed by atoms with Gasteiger partial charge in [0.25, 0.3) is 0 Å². The van der Waals surface area contributed by atoms with E-state index < -0.39 is 0 Å². The zero-order valence-corrected chi connectivity index (χ0v) is 12.0. The monoisotopic (exact) mass is 264 g/mol. The summed E-state index contributed by atoms with van der Waals surface area (Å²) in [4.78, 5) is 11.8. The lowest BCUT2D eigenvalue weighted by Gasteiger charge is -2.30. The zero-order valence-electron chi connectivity index (χ0n) is 12.0. The van der Waals surface area contributed by atoms with Crippen molar-refractivity contribution < 1.29 is 4.79 Å². The fourth-order valence-corrected chi connectivity index (χ4v) is 2.54. The van der Waals surface area contributed by atoms with Crippen molar-refractivity contribution in [2.75, 3.05) is 0 Å². The summed E-state index contributed by atoms with van der Waals surface area (Å²) in [7, 11) is 0. The number of nitrogens with one attached hydrogen (secondary N) is 2. The lowest BCUT2D eigenvalue weighted by Crippen LogP contribution is -2.50. The number of aromatic nitrogens is 2. The molecule has 0 atom stereocenters. The van der Waals surface area contributed by atoms with Crippen molar-refractivity contribution in [1.29, 1.82) is 0 Å². The van der Waals surface area contributed by atoms with Crippen LogP contribution in [0.4, 0.5) is 4.79 Å². The molecule has 1 aromatic rings. The summed E-state index contributed by atoms with van der Waals surface area (Å²) in [6.07, 6.45) is 8.01. The van der Waals surface area contributed by atoms with Crippen LogP contribution in [-0.4, -0.2) is 27.4 Å². The fourth-order valence-electron chi connectivity index (χ4n) is 2.54. The summed E-state index contributed by atoms with van der Waals surface area (Å²) < 4.78 is 2.03. The third-order valence-electron chi connectivity index (χ3n) is 3.42. The Morgan fingerprint density at radius 3 is 2.47 bits per heavy atom.